The Labute approximate surface area is 433 Å². The SMILES string of the molecule is CC/C=C\C/C=C\C/C=C\C/C=C\CCCCCCCCCCCCCCCCCCCCC(=O)OCC(COC(=O)CCCCCCCCCC)OC(=O)CCCCC/C=C\C/C=C\C/C=C\CC. The molecule has 0 aliphatic rings. The Balaban J connectivity index is 4.05. The van der Waals surface area contributed by atoms with Gasteiger partial charge in [-0.3, -0.25) is 14.4 Å². The number of unbranched alkanes of at least 4 members (excludes halogenated alkanes) is 28. The van der Waals surface area contributed by atoms with Crippen LogP contribution in [0.25, 0.3) is 0 Å². The number of carbonyl (C=O) groups excluding carboxylic acids is 3. The average molecular weight is 976 g/mol. The normalized spacial score (nSPS) is 12.7. The van der Waals surface area contributed by atoms with E-state index in [1.165, 1.54) is 135 Å². The maximum atomic E-state index is 12.8. The zero-order valence-corrected chi connectivity index (χ0v) is 46.0. The summed E-state index contributed by atoms with van der Waals surface area (Å²) in [5.74, 6) is -0.912. The second kappa shape index (κ2) is 58.2. The summed E-state index contributed by atoms with van der Waals surface area (Å²) in [6, 6.07) is 0. The Morgan fingerprint density at radius 3 is 0.886 bits per heavy atom. The van der Waals surface area contributed by atoms with Crippen molar-refractivity contribution in [3.63, 3.8) is 0 Å². The Kier molecular flexibility index (Phi) is 55.3. The van der Waals surface area contributed by atoms with Gasteiger partial charge in [0.1, 0.15) is 13.2 Å². The number of carbonyl (C=O) groups is 3. The highest BCUT2D eigenvalue weighted by atomic mass is 16.6. The van der Waals surface area contributed by atoms with Crippen LogP contribution in [0.4, 0.5) is 0 Å². The van der Waals surface area contributed by atoms with Crippen molar-refractivity contribution in [2.24, 2.45) is 0 Å². The van der Waals surface area contributed by atoms with E-state index in [-0.39, 0.29) is 31.1 Å². The average Bonchev–Trinajstić information content (AvgIpc) is 3.36. The molecule has 0 amide bonds. The van der Waals surface area contributed by atoms with Crippen LogP contribution in [0, 0.1) is 0 Å². The van der Waals surface area contributed by atoms with E-state index in [1.807, 2.05) is 0 Å². The molecule has 0 saturated heterocycles. The first-order valence-electron chi connectivity index (χ1n) is 29.6. The molecule has 0 aromatic heterocycles. The highest BCUT2D eigenvalue weighted by molar-refractivity contribution is 5.71. The molecule has 0 spiro atoms. The number of ether oxygens (including phenoxy) is 3. The van der Waals surface area contributed by atoms with Gasteiger partial charge in [-0.15, -0.1) is 0 Å². The molecule has 0 aromatic carbocycles. The van der Waals surface area contributed by atoms with E-state index in [9.17, 15) is 14.4 Å². The van der Waals surface area contributed by atoms with Crippen molar-refractivity contribution in [3.8, 4) is 0 Å². The van der Waals surface area contributed by atoms with Crippen molar-refractivity contribution in [1.82, 2.24) is 0 Å². The first-order valence-corrected chi connectivity index (χ1v) is 29.6. The minimum absolute atomic E-state index is 0.0850. The molecule has 70 heavy (non-hydrogen) atoms. The fraction of sp³-hybridized carbons (Fsp3) is 0.734. The summed E-state index contributed by atoms with van der Waals surface area (Å²) in [7, 11) is 0. The molecule has 1 atom stereocenters. The molecule has 6 nitrogen and oxygen atoms in total. The van der Waals surface area contributed by atoms with E-state index in [0.717, 1.165) is 109 Å². The summed E-state index contributed by atoms with van der Waals surface area (Å²) in [5, 5.41) is 0. The Hall–Kier alpha value is -3.41. The molecule has 6 heteroatoms. The van der Waals surface area contributed by atoms with Gasteiger partial charge in [0.2, 0.25) is 0 Å². The molecule has 402 valence electrons. The van der Waals surface area contributed by atoms with Crippen LogP contribution in [0.2, 0.25) is 0 Å². The number of hydrogen-bond acceptors (Lipinski definition) is 6. The molecule has 0 N–H and O–H groups in total. The minimum atomic E-state index is -0.786. The first-order chi connectivity index (χ1) is 34.5. The maximum Gasteiger partial charge on any atom is 0.306 e. The molecular formula is C64H110O6. The minimum Gasteiger partial charge on any atom is -0.462 e. The summed E-state index contributed by atoms with van der Waals surface area (Å²) >= 11 is 0. The van der Waals surface area contributed by atoms with Crippen molar-refractivity contribution in [3.05, 3.63) is 85.1 Å². The first kappa shape index (κ1) is 66.6. The van der Waals surface area contributed by atoms with Crippen molar-refractivity contribution in [1.29, 1.82) is 0 Å². The molecule has 0 fully saturated rings. The van der Waals surface area contributed by atoms with Gasteiger partial charge in [0.05, 0.1) is 0 Å². The lowest BCUT2D eigenvalue weighted by atomic mass is 10.0. The molecule has 0 bridgehead atoms. The highest BCUT2D eigenvalue weighted by Crippen LogP contribution is 2.16. The Morgan fingerprint density at radius 1 is 0.300 bits per heavy atom. The Bertz CT molecular complexity index is 1350. The predicted octanol–water partition coefficient (Wildman–Crippen LogP) is 19.9. The van der Waals surface area contributed by atoms with E-state index >= 15 is 0 Å². The lowest BCUT2D eigenvalue weighted by Gasteiger charge is -2.18. The van der Waals surface area contributed by atoms with Gasteiger partial charge < -0.3 is 14.2 Å². The molecule has 1 unspecified atom stereocenters. The van der Waals surface area contributed by atoms with Crippen molar-refractivity contribution in [2.75, 3.05) is 13.2 Å². The van der Waals surface area contributed by atoms with Crippen LogP contribution in [0.3, 0.4) is 0 Å². The summed E-state index contributed by atoms with van der Waals surface area (Å²) in [4.78, 5) is 37.9. The molecule has 0 aromatic rings. The van der Waals surface area contributed by atoms with Crippen LogP contribution in [0.5, 0.6) is 0 Å². The van der Waals surface area contributed by atoms with Gasteiger partial charge >= 0.3 is 17.9 Å². The quantitative estimate of drug-likeness (QED) is 0.0261. The summed E-state index contributed by atoms with van der Waals surface area (Å²) < 4.78 is 16.8. The van der Waals surface area contributed by atoms with E-state index in [0.29, 0.717) is 19.3 Å². The fourth-order valence-electron chi connectivity index (χ4n) is 8.27. The Morgan fingerprint density at radius 2 is 0.557 bits per heavy atom. The third kappa shape index (κ3) is 55.5. The van der Waals surface area contributed by atoms with Crippen LogP contribution in [0.1, 0.15) is 284 Å². The second-order valence-electron chi connectivity index (χ2n) is 19.5. The largest absolute Gasteiger partial charge is 0.462 e. The monoisotopic (exact) mass is 975 g/mol. The standard InChI is InChI=1S/C64H110O6/c1-4-7-10-13-16-19-21-23-24-25-26-27-28-29-30-31-32-33-34-35-36-37-38-39-40-42-43-45-48-51-54-57-63(66)69-60-61(59-68-62(65)56-53-50-47-18-15-12-9-6-3)70-64(67)58-55-52-49-46-44-41-22-20-17-14-11-8-5-2/h7-8,10-11,16-17,19-20,23-24,26-27,41,44,61H,4-6,9,12-15,18,21-22,25,28-40,42-43,45-60H2,1-3H3/b10-7-,11-8-,19-16-,20-17-,24-23-,27-26-,44-41-. The highest BCUT2D eigenvalue weighted by Gasteiger charge is 2.19. The van der Waals surface area contributed by atoms with Crippen LogP contribution >= 0.6 is 0 Å². The lowest BCUT2D eigenvalue weighted by molar-refractivity contribution is -0.167. The van der Waals surface area contributed by atoms with Gasteiger partial charge in [-0.25, -0.2) is 0 Å². The summed E-state index contributed by atoms with van der Waals surface area (Å²) in [5.41, 5.74) is 0. The molecule has 0 aliphatic carbocycles. The smallest absolute Gasteiger partial charge is 0.306 e. The van der Waals surface area contributed by atoms with Gasteiger partial charge in [0.15, 0.2) is 6.10 Å². The van der Waals surface area contributed by atoms with Crippen molar-refractivity contribution < 1.29 is 28.6 Å². The van der Waals surface area contributed by atoms with Crippen LogP contribution in [-0.2, 0) is 28.6 Å². The van der Waals surface area contributed by atoms with Crippen LogP contribution < -0.4 is 0 Å². The third-order valence-electron chi connectivity index (χ3n) is 12.6. The molecular weight excluding hydrogens is 865 g/mol. The maximum absolute atomic E-state index is 12.8. The zero-order chi connectivity index (χ0) is 50.7. The third-order valence-corrected chi connectivity index (χ3v) is 12.6. The van der Waals surface area contributed by atoms with Gasteiger partial charge in [0, 0.05) is 19.3 Å². The van der Waals surface area contributed by atoms with Crippen molar-refractivity contribution >= 4 is 17.9 Å². The lowest BCUT2D eigenvalue weighted by Crippen LogP contribution is -2.30. The van der Waals surface area contributed by atoms with Gasteiger partial charge in [-0.05, 0) is 89.9 Å². The van der Waals surface area contributed by atoms with Crippen molar-refractivity contribution in [2.45, 2.75) is 290 Å². The predicted molar refractivity (Wildman–Crippen MR) is 302 cm³/mol. The molecule has 0 saturated carbocycles. The number of esters is 3. The molecule has 0 radical (unpaired) electrons. The second-order valence-corrected chi connectivity index (χ2v) is 19.5. The van der Waals surface area contributed by atoms with Gasteiger partial charge in [-0.1, -0.05) is 260 Å². The van der Waals surface area contributed by atoms with E-state index < -0.39 is 6.10 Å². The van der Waals surface area contributed by atoms with Gasteiger partial charge in [-0.2, -0.15) is 0 Å². The molecule has 0 aliphatic heterocycles. The van der Waals surface area contributed by atoms with Crippen LogP contribution in [-0.4, -0.2) is 37.2 Å². The number of allylic oxidation sites excluding steroid dienone is 14. The fourth-order valence-corrected chi connectivity index (χ4v) is 8.27. The number of hydrogen-bond donors (Lipinski definition) is 0. The number of rotatable bonds is 53. The molecule has 0 heterocycles. The van der Waals surface area contributed by atoms with Gasteiger partial charge in [0.25, 0.3) is 0 Å². The van der Waals surface area contributed by atoms with Crippen LogP contribution in [0.15, 0.2) is 85.1 Å². The summed E-state index contributed by atoms with van der Waals surface area (Å²) in [6.07, 6.45) is 76.2. The van der Waals surface area contributed by atoms with E-state index in [1.54, 1.807) is 0 Å². The zero-order valence-electron chi connectivity index (χ0n) is 46.0. The topological polar surface area (TPSA) is 78.9 Å². The van der Waals surface area contributed by atoms with E-state index in [2.05, 4.69) is 106 Å². The summed E-state index contributed by atoms with van der Waals surface area (Å²) in [6.45, 7) is 6.37. The molecule has 0 rings (SSSR count). The van der Waals surface area contributed by atoms with E-state index in [4.69, 9.17) is 14.2 Å².